The predicted molar refractivity (Wildman–Crippen MR) is 115 cm³/mol. The molecule has 4 rings (SSSR count). The van der Waals surface area contributed by atoms with Gasteiger partial charge in [-0.25, -0.2) is 3.97 Å². The van der Waals surface area contributed by atoms with Crippen LogP contribution in [0.2, 0.25) is 0 Å². The Kier molecular flexibility index (Phi) is 4.60. The van der Waals surface area contributed by atoms with Gasteiger partial charge in [-0.1, -0.05) is 36.4 Å². The molecule has 29 heavy (non-hydrogen) atoms. The number of rotatable bonds is 4. The molecule has 1 amide bonds. The number of hydrazone groups is 1. The van der Waals surface area contributed by atoms with Gasteiger partial charge in [0, 0.05) is 31.2 Å². The Balaban J connectivity index is 1.84. The number of para-hydroxylation sites is 2. The lowest BCUT2D eigenvalue weighted by Crippen LogP contribution is -2.28. The topological polar surface area (TPSA) is 75.0 Å². The highest BCUT2D eigenvalue weighted by Gasteiger charge is 2.29. The molecule has 0 saturated carbocycles. The van der Waals surface area contributed by atoms with Crippen LogP contribution in [0.5, 0.6) is 0 Å². The molecule has 0 spiro atoms. The van der Waals surface area contributed by atoms with Crippen LogP contribution < -0.4 is 5.01 Å². The van der Waals surface area contributed by atoms with Gasteiger partial charge in [0.1, 0.15) is 0 Å². The molecule has 0 bridgehead atoms. The first-order valence-electron chi connectivity index (χ1n) is 9.00. The van der Waals surface area contributed by atoms with E-state index in [2.05, 4.69) is 5.10 Å². The van der Waals surface area contributed by atoms with Crippen molar-refractivity contribution in [2.45, 2.75) is 6.92 Å². The largest absolute Gasteiger partial charge is 0.307 e. The van der Waals surface area contributed by atoms with Gasteiger partial charge in [0.05, 0.1) is 22.5 Å². The highest BCUT2D eigenvalue weighted by atomic mass is 32.2. The van der Waals surface area contributed by atoms with Crippen LogP contribution in [0.25, 0.3) is 17.0 Å². The third-order valence-corrected chi connectivity index (χ3v) is 6.50. The molecule has 0 atom stereocenters. The minimum atomic E-state index is -3.70. The molecule has 1 aromatic heterocycles. The highest BCUT2D eigenvalue weighted by molar-refractivity contribution is 7.87. The molecule has 0 aliphatic carbocycles. The van der Waals surface area contributed by atoms with Gasteiger partial charge in [-0.05, 0) is 31.2 Å². The Morgan fingerprint density at radius 2 is 1.66 bits per heavy atom. The molecule has 1 aliphatic heterocycles. The molecule has 0 N–H and O–H groups in total. The maximum atomic E-state index is 13.0. The van der Waals surface area contributed by atoms with Crippen molar-refractivity contribution in [1.82, 2.24) is 8.28 Å². The fraction of sp³-hybridized carbons (Fsp3) is 0.143. The first-order chi connectivity index (χ1) is 13.8. The number of hydrogen-bond donors (Lipinski definition) is 0. The second-order valence-corrected chi connectivity index (χ2v) is 8.90. The number of hydrogen-bond acceptors (Lipinski definition) is 4. The zero-order valence-electron chi connectivity index (χ0n) is 16.3. The monoisotopic (exact) mass is 408 g/mol. The van der Waals surface area contributed by atoms with E-state index in [0.717, 1.165) is 9.69 Å². The summed E-state index contributed by atoms with van der Waals surface area (Å²) in [7, 11) is -0.735. The van der Waals surface area contributed by atoms with Gasteiger partial charge in [0.15, 0.2) is 0 Å². The average molecular weight is 408 g/mol. The minimum absolute atomic E-state index is 0.249. The Hall–Kier alpha value is -3.23. The van der Waals surface area contributed by atoms with Crippen molar-refractivity contribution in [3.8, 4) is 0 Å². The number of carbonyl (C=O) groups excluding carboxylic acids is 1. The fourth-order valence-electron chi connectivity index (χ4n) is 3.24. The van der Waals surface area contributed by atoms with E-state index in [0.29, 0.717) is 28.1 Å². The number of aromatic nitrogens is 1. The zero-order valence-corrected chi connectivity index (χ0v) is 17.1. The van der Waals surface area contributed by atoms with Crippen molar-refractivity contribution in [2.24, 2.45) is 5.10 Å². The molecule has 8 heteroatoms. The highest BCUT2D eigenvalue weighted by Crippen LogP contribution is 2.29. The fourth-order valence-corrected chi connectivity index (χ4v) is 4.25. The van der Waals surface area contributed by atoms with Crippen LogP contribution in [-0.4, -0.2) is 42.4 Å². The molecule has 0 fully saturated rings. The van der Waals surface area contributed by atoms with E-state index in [1.54, 1.807) is 31.3 Å². The molecule has 3 aromatic rings. The molecular formula is C21H20N4O3S. The van der Waals surface area contributed by atoms with E-state index >= 15 is 0 Å². The van der Waals surface area contributed by atoms with Crippen molar-refractivity contribution in [2.75, 3.05) is 19.1 Å². The number of anilines is 1. The Morgan fingerprint density at radius 1 is 1.00 bits per heavy atom. The van der Waals surface area contributed by atoms with E-state index in [4.69, 9.17) is 0 Å². The summed E-state index contributed by atoms with van der Waals surface area (Å²) < 4.78 is 27.8. The van der Waals surface area contributed by atoms with Gasteiger partial charge >= 0.3 is 10.2 Å². The normalized spacial score (nSPS) is 16.3. The molecule has 2 aromatic carbocycles. The second-order valence-electron chi connectivity index (χ2n) is 6.88. The Bertz CT molecular complexity index is 1270. The van der Waals surface area contributed by atoms with E-state index in [1.165, 1.54) is 23.1 Å². The van der Waals surface area contributed by atoms with Crippen LogP contribution in [0.3, 0.4) is 0 Å². The van der Waals surface area contributed by atoms with Crippen molar-refractivity contribution >= 4 is 44.5 Å². The minimum Gasteiger partial charge on any atom is -0.267 e. The summed E-state index contributed by atoms with van der Waals surface area (Å²) in [5, 5.41) is 6.48. The summed E-state index contributed by atoms with van der Waals surface area (Å²) in [6.07, 6.45) is 3.24. The molecule has 0 radical (unpaired) electrons. The summed E-state index contributed by atoms with van der Waals surface area (Å²) in [5.74, 6) is -0.249. The quantitative estimate of drug-likeness (QED) is 0.623. The van der Waals surface area contributed by atoms with Gasteiger partial charge in [-0.2, -0.15) is 22.8 Å². The Morgan fingerprint density at radius 3 is 2.34 bits per heavy atom. The van der Waals surface area contributed by atoms with Crippen LogP contribution in [0, 0.1) is 0 Å². The van der Waals surface area contributed by atoms with Crippen LogP contribution in [-0.2, 0) is 15.0 Å². The summed E-state index contributed by atoms with van der Waals surface area (Å²) in [4.78, 5) is 13.0. The zero-order chi connectivity index (χ0) is 20.8. The molecule has 148 valence electrons. The van der Waals surface area contributed by atoms with Gasteiger partial charge < -0.3 is 0 Å². The van der Waals surface area contributed by atoms with E-state index in [9.17, 15) is 13.2 Å². The molecule has 0 saturated heterocycles. The van der Waals surface area contributed by atoms with Crippen LogP contribution >= 0.6 is 0 Å². The van der Waals surface area contributed by atoms with E-state index < -0.39 is 10.2 Å². The van der Waals surface area contributed by atoms with Gasteiger partial charge in [-0.3, -0.25) is 4.79 Å². The van der Waals surface area contributed by atoms with E-state index in [-0.39, 0.29) is 5.91 Å². The second kappa shape index (κ2) is 6.98. The van der Waals surface area contributed by atoms with E-state index in [1.807, 2.05) is 42.5 Å². The standard InChI is InChI=1S/C21H20N4O3S/c1-15-19(21(26)25(22-15)17-9-5-4-6-10-17)13-16-14-24(29(27,28)23(2)3)20-12-8-7-11-18(16)20/h4-14H,1-3H3/b19-13+. The third kappa shape index (κ3) is 3.16. The van der Waals surface area contributed by atoms with Gasteiger partial charge in [0.25, 0.3) is 5.91 Å². The van der Waals surface area contributed by atoms with Crippen LogP contribution in [0.1, 0.15) is 12.5 Å². The molecule has 0 unspecified atom stereocenters. The summed E-state index contributed by atoms with van der Waals surface area (Å²) in [5.41, 5.74) is 2.87. The Labute approximate surface area is 169 Å². The van der Waals surface area contributed by atoms with Gasteiger partial charge in [-0.15, -0.1) is 0 Å². The smallest absolute Gasteiger partial charge is 0.267 e. The number of nitrogens with zero attached hydrogens (tertiary/aromatic N) is 4. The maximum Gasteiger partial charge on any atom is 0.307 e. The van der Waals surface area contributed by atoms with Crippen LogP contribution in [0.4, 0.5) is 5.69 Å². The number of fused-ring (bicyclic) bond motifs is 1. The third-order valence-electron chi connectivity index (χ3n) is 4.78. The lowest BCUT2D eigenvalue weighted by molar-refractivity contribution is -0.114. The lowest BCUT2D eigenvalue weighted by atomic mass is 10.1. The lowest BCUT2D eigenvalue weighted by Gasteiger charge is -2.13. The molecule has 2 heterocycles. The van der Waals surface area contributed by atoms with Crippen molar-refractivity contribution < 1.29 is 13.2 Å². The average Bonchev–Trinajstić information content (AvgIpc) is 3.22. The summed E-state index contributed by atoms with van der Waals surface area (Å²) >= 11 is 0. The number of amides is 1. The first-order valence-corrected chi connectivity index (χ1v) is 10.4. The summed E-state index contributed by atoms with van der Waals surface area (Å²) in [6.45, 7) is 1.77. The summed E-state index contributed by atoms with van der Waals surface area (Å²) in [6, 6.07) is 16.4. The molecular weight excluding hydrogens is 388 g/mol. The van der Waals surface area contributed by atoms with Crippen molar-refractivity contribution in [1.29, 1.82) is 0 Å². The molecule has 1 aliphatic rings. The molecule has 7 nitrogen and oxygen atoms in total. The SMILES string of the molecule is CC1=NN(c2ccccc2)C(=O)/C1=C/c1cn(S(=O)(=O)N(C)C)c2ccccc12. The number of benzene rings is 2. The van der Waals surface area contributed by atoms with Crippen LogP contribution in [0.15, 0.2) is 71.5 Å². The maximum absolute atomic E-state index is 13.0. The van der Waals surface area contributed by atoms with Gasteiger partial charge in [0.2, 0.25) is 0 Å². The number of carbonyl (C=O) groups is 1. The van der Waals surface area contributed by atoms with Crippen molar-refractivity contribution in [3.05, 3.63) is 71.9 Å². The van der Waals surface area contributed by atoms with Crippen molar-refractivity contribution in [3.63, 3.8) is 0 Å². The predicted octanol–water partition coefficient (Wildman–Crippen LogP) is 3.10. The first kappa shape index (κ1) is 19.1.